The third-order valence-corrected chi connectivity index (χ3v) is 2.97. The van der Waals surface area contributed by atoms with E-state index in [4.69, 9.17) is 11.6 Å². The van der Waals surface area contributed by atoms with Gasteiger partial charge in [-0.3, -0.25) is 14.3 Å². The molecule has 0 radical (unpaired) electrons. The SMILES string of the molecule is O=c1[nH]c(Cl)c(F)c(=O)n1Cc1ccc(C(F)(F)F)cc1. The number of nitrogens with zero attached hydrogens (tertiary/aromatic N) is 1. The number of halogens is 5. The maximum absolute atomic E-state index is 13.3. The number of benzene rings is 1. The van der Waals surface area contributed by atoms with Crippen LogP contribution in [0.15, 0.2) is 33.9 Å². The Morgan fingerprint density at radius 3 is 2.24 bits per heavy atom. The molecule has 1 heterocycles. The lowest BCUT2D eigenvalue weighted by Crippen LogP contribution is -2.37. The second-order valence-corrected chi connectivity index (χ2v) is 4.52. The molecular formula is C12H7ClF4N2O2. The summed E-state index contributed by atoms with van der Waals surface area (Å²) in [5.41, 5.74) is -2.83. The van der Waals surface area contributed by atoms with E-state index in [1.807, 2.05) is 4.98 Å². The monoisotopic (exact) mass is 322 g/mol. The maximum Gasteiger partial charge on any atom is 0.416 e. The van der Waals surface area contributed by atoms with Gasteiger partial charge < -0.3 is 0 Å². The zero-order valence-electron chi connectivity index (χ0n) is 10.2. The van der Waals surface area contributed by atoms with Crippen LogP contribution in [0.25, 0.3) is 0 Å². The van der Waals surface area contributed by atoms with E-state index in [1.165, 1.54) is 0 Å². The first-order chi connectivity index (χ1) is 9.70. The number of H-pyrrole nitrogens is 1. The summed E-state index contributed by atoms with van der Waals surface area (Å²) < 4.78 is 51.0. The highest BCUT2D eigenvalue weighted by Crippen LogP contribution is 2.29. The topological polar surface area (TPSA) is 54.9 Å². The first kappa shape index (κ1) is 15.3. The van der Waals surface area contributed by atoms with E-state index in [9.17, 15) is 27.2 Å². The molecule has 0 atom stereocenters. The Balaban J connectivity index is 2.38. The first-order valence-corrected chi connectivity index (χ1v) is 5.92. The lowest BCUT2D eigenvalue weighted by atomic mass is 10.1. The summed E-state index contributed by atoms with van der Waals surface area (Å²) in [7, 11) is 0. The van der Waals surface area contributed by atoms with Crippen LogP contribution in [-0.4, -0.2) is 9.55 Å². The van der Waals surface area contributed by atoms with E-state index >= 15 is 0 Å². The lowest BCUT2D eigenvalue weighted by Gasteiger charge is -2.08. The van der Waals surface area contributed by atoms with Crippen LogP contribution in [0.5, 0.6) is 0 Å². The molecule has 0 aliphatic heterocycles. The normalized spacial score (nSPS) is 11.7. The average Bonchev–Trinajstić information content (AvgIpc) is 2.41. The van der Waals surface area contributed by atoms with Gasteiger partial charge in [0.2, 0.25) is 5.82 Å². The van der Waals surface area contributed by atoms with E-state index < -0.39 is 34.0 Å². The van der Waals surface area contributed by atoms with Gasteiger partial charge in [-0.25, -0.2) is 4.79 Å². The third-order valence-electron chi connectivity index (χ3n) is 2.71. The van der Waals surface area contributed by atoms with E-state index in [0.717, 1.165) is 24.3 Å². The third kappa shape index (κ3) is 3.15. The van der Waals surface area contributed by atoms with Gasteiger partial charge in [-0.2, -0.15) is 17.6 Å². The summed E-state index contributed by atoms with van der Waals surface area (Å²) in [5.74, 6) is -1.33. The molecule has 0 saturated heterocycles. The number of aromatic amines is 1. The summed E-state index contributed by atoms with van der Waals surface area (Å²) in [6, 6.07) is 3.81. The quantitative estimate of drug-likeness (QED) is 0.682. The minimum atomic E-state index is -4.49. The van der Waals surface area contributed by atoms with Crippen molar-refractivity contribution < 1.29 is 17.6 Å². The molecule has 9 heteroatoms. The molecule has 2 aromatic rings. The van der Waals surface area contributed by atoms with Crippen molar-refractivity contribution in [2.45, 2.75) is 12.7 Å². The lowest BCUT2D eigenvalue weighted by molar-refractivity contribution is -0.137. The van der Waals surface area contributed by atoms with E-state index in [2.05, 4.69) is 0 Å². The Morgan fingerprint density at radius 2 is 1.71 bits per heavy atom. The highest BCUT2D eigenvalue weighted by atomic mass is 35.5. The van der Waals surface area contributed by atoms with Crippen molar-refractivity contribution in [1.82, 2.24) is 9.55 Å². The molecule has 0 aliphatic carbocycles. The number of rotatable bonds is 2. The molecule has 2 rings (SSSR count). The van der Waals surface area contributed by atoms with Crippen molar-refractivity contribution in [3.63, 3.8) is 0 Å². The second kappa shape index (κ2) is 5.36. The van der Waals surface area contributed by atoms with Crippen molar-refractivity contribution in [2.75, 3.05) is 0 Å². The van der Waals surface area contributed by atoms with Gasteiger partial charge in [0.05, 0.1) is 12.1 Å². The summed E-state index contributed by atoms with van der Waals surface area (Å²) in [4.78, 5) is 25.0. The molecular weight excluding hydrogens is 316 g/mol. The second-order valence-electron chi connectivity index (χ2n) is 4.14. The molecule has 0 saturated carbocycles. The predicted octanol–water partition coefficient (Wildman–Crippen LogP) is 2.40. The molecule has 0 bridgehead atoms. The Bertz CT molecular complexity index is 778. The zero-order chi connectivity index (χ0) is 15.8. The zero-order valence-corrected chi connectivity index (χ0v) is 10.9. The van der Waals surface area contributed by atoms with E-state index in [0.29, 0.717) is 4.57 Å². The van der Waals surface area contributed by atoms with Crippen molar-refractivity contribution in [3.8, 4) is 0 Å². The minimum absolute atomic E-state index is 0.234. The molecule has 112 valence electrons. The molecule has 0 spiro atoms. The van der Waals surface area contributed by atoms with Crippen molar-refractivity contribution in [1.29, 1.82) is 0 Å². The van der Waals surface area contributed by atoms with Crippen LogP contribution in [0.2, 0.25) is 5.15 Å². The fourth-order valence-electron chi connectivity index (χ4n) is 1.65. The largest absolute Gasteiger partial charge is 0.416 e. The number of hydrogen-bond acceptors (Lipinski definition) is 2. The number of aromatic nitrogens is 2. The van der Waals surface area contributed by atoms with Crippen molar-refractivity contribution in [2.24, 2.45) is 0 Å². The Labute approximate surface area is 119 Å². The standard InChI is InChI=1S/C12H7ClF4N2O2/c13-9-8(14)10(20)19(11(21)18-9)5-6-1-3-7(4-2-6)12(15,16)17/h1-4H,5H2,(H,18,21). The Hall–Kier alpha value is -2.09. The molecule has 1 N–H and O–H groups in total. The molecule has 0 unspecified atom stereocenters. The summed E-state index contributed by atoms with van der Waals surface area (Å²) in [6.07, 6.45) is -4.49. The predicted molar refractivity (Wildman–Crippen MR) is 66.8 cm³/mol. The molecule has 4 nitrogen and oxygen atoms in total. The number of hydrogen-bond donors (Lipinski definition) is 1. The summed E-state index contributed by atoms with van der Waals surface area (Å²) in [6.45, 7) is -0.375. The molecule has 21 heavy (non-hydrogen) atoms. The van der Waals surface area contributed by atoms with Crippen molar-refractivity contribution in [3.05, 3.63) is 67.2 Å². The Morgan fingerprint density at radius 1 is 1.14 bits per heavy atom. The van der Waals surface area contributed by atoms with Gasteiger partial charge in [0.15, 0.2) is 5.15 Å². The smallest absolute Gasteiger partial charge is 0.295 e. The fraction of sp³-hybridized carbons (Fsp3) is 0.167. The average molecular weight is 323 g/mol. The number of nitrogens with one attached hydrogen (secondary N) is 1. The minimum Gasteiger partial charge on any atom is -0.295 e. The van der Waals surface area contributed by atoms with E-state index in [-0.39, 0.29) is 12.1 Å². The van der Waals surface area contributed by atoms with Crippen LogP contribution in [0.4, 0.5) is 17.6 Å². The van der Waals surface area contributed by atoms with Crippen LogP contribution < -0.4 is 11.2 Å². The fourth-order valence-corrected chi connectivity index (χ4v) is 1.81. The molecule has 0 fully saturated rings. The van der Waals surface area contributed by atoms with Gasteiger partial charge in [0.25, 0.3) is 5.56 Å². The molecule has 1 aromatic carbocycles. The van der Waals surface area contributed by atoms with Crippen molar-refractivity contribution >= 4 is 11.6 Å². The van der Waals surface area contributed by atoms with Gasteiger partial charge in [-0.1, -0.05) is 23.7 Å². The highest BCUT2D eigenvalue weighted by molar-refractivity contribution is 6.29. The molecule has 1 aromatic heterocycles. The van der Waals surface area contributed by atoms with Crippen LogP contribution in [0.1, 0.15) is 11.1 Å². The van der Waals surface area contributed by atoms with Gasteiger partial charge in [0, 0.05) is 0 Å². The first-order valence-electron chi connectivity index (χ1n) is 5.54. The van der Waals surface area contributed by atoms with Gasteiger partial charge in [-0.15, -0.1) is 0 Å². The maximum atomic E-state index is 13.3. The highest BCUT2D eigenvalue weighted by Gasteiger charge is 2.29. The van der Waals surface area contributed by atoms with Gasteiger partial charge >= 0.3 is 11.9 Å². The summed E-state index contributed by atoms with van der Waals surface area (Å²) in [5, 5.41) is -0.714. The Kier molecular flexibility index (Phi) is 3.91. The number of alkyl halides is 3. The van der Waals surface area contributed by atoms with Gasteiger partial charge in [0.1, 0.15) is 0 Å². The van der Waals surface area contributed by atoms with Gasteiger partial charge in [-0.05, 0) is 17.7 Å². The molecule has 0 aliphatic rings. The van der Waals surface area contributed by atoms with Crippen LogP contribution >= 0.6 is 11.6 Å². The van der Waals surface area contributed by atoms with Crippen LogP contribution in [0.3, 0.4) is 0 Å². The van der Waals surface area contributed by atoms with Crippen LogP contribution in [0, 0.1) is 5.82 Å². The van der Waals surface area contributed by atoms with Crippen LogP contribution in [-0.2, 0) is 12.7 Å². The summed E-state index contributed by atoms with van der Waals surface area (Å²) >= 11 is 5.30. The van der Waals surface area contributed by atoms with E-state index in [1.54, 1.807) is 0 Å². The molecule has 0 amide bonds.